The maximum Gasteiger partial charge on any atom is 0.347 e. The van der Waals surface area contributed by atoms with Crippen LogP contribution in [0.2, 0.25) is 0 Å². The molecule has 0 rings (SSSR count). The minimum absolute atomic E-state index is 0.0562. The van der Waals surface area contributed by atoms with Crippen LogP contribution in [0.4, 0.5) is 0 Å². The van der Waals surface area contributed by atoms with Crippen molar-refractivity contribution in [3.8, 4) is 0 Å². The predicted molar refractivity (Wildman–Crippen MR) is 74.3 cm³/mol. The molecule has 1 atom stereocenters. The zero-order chi connectivity index (χ0) is 16.8. The fraction of sp³-hybridized carbons (Fsp3) is 0.714. The van der Waals surface area contributed by atoms with Crippen molar-refractivity contribution in [2.75, 3.05) is 20.2 Å². The SMILES string of the molecule is CC(=O)OC(C)C(=O)OCC(=O)N(C)CC(=O)C(C)(C)C. The number of esters is 2. The third-order valence-electron chi connectivity index (χ3n) is 2.66. The van der Waals surface area contributed by atoms with E-state index >= 15 is 0 Å². The van der Waals surface area contributed by atoms with E-state index in [0.717, 1.165) is 0 Å². The molecule has 0 N–H and O–H groups in total. The largest absolute Gasteiger partial charge is 0.453 e. The Balaban J connectivity index is 4.29. The Labute approximate surface area is 124 Å². The van der Waals surface area contributed by atoms with Crippen LogP contribution in [-0.2, 0) is 28.7 Å². The fourth-order valence-electron chi connectivity index (χ4n) is 1.20. The van der Waals surface area contributed by atoms with Gasteiger partial charge in [0, 0.05) is 19.4 Å². The van der Waals surface area contributed by atoms with E-state index in [1.165, 1.54) is 25.8 Å². The number of hydrogen-bond donors (Lipinski definition) is 0. The van der Waals surface area contributed by atoms with E-state index < -0.39 is 36.0 Å². The lowest BCUT2D eigenvalue weighted by atomic mass is 9.90. The topological polar surface area (TPSA) is 90.0 Å². The molecule has 0 spiro atoms. The second-order valence-electron chi connectivity index (χ2n) is 5.78. The van der Waals surface area contributed by atoms with E-state index in [2.05, 4.69) is 4.74 Å². The molecule has 0 bridgehead atoms. The maximum absolute atomic E-state index is 11.8. The van der Waals surface area contributed by atoms with Gasteiger partial charge in [0.2, 0.25) is 0 Å². The zero-order valence-corrected chi connectivity index (χ0v) is 13.4. The van der Waals surface area contributed by atoms with Crippen molar-refractivity contribution in [1.82, 2.24) is 4.90 Å². The summed E-state index contributed by atoms with van der Waals surface area (Å²) >= 11 is 0. The summed E-state index contributed by atoms with van der Waals surface area (Å²) in [6, 6.07) is 0. The van der Waals surface area contributed by atoms with Crippen molar-refractivity contribution in [1.29, 1.82) is 0 Å². The first-order valence-electron chi connectivity index (χ1n) is 6.56. The molecule has 120 valence electrons. The van der Waals surface area contributed by atoms with Crippen molar-refractivity contribution >= 4 is 23.6 Å². The monoisotopic (exact) mass is 301 g/mol. The Morgan fingerprint density at radius 1 is 1.14 bits per heavy atom. The molecule has 21 heavy (non-hydrogen) atoms. The second kappa shape index (κ2) is 7.75. The van der Waals surface area contributed by atoms with Gasteiger partial charge < -0.3 is 14.4 Å². The number of ether oxygens (including phenoxy) is 2. The maximum atomic E-state index is 11.8. The molecule has 1 amide bonds. The standard InChI is InChI=1S/C14H23NO6/c1-9(21-10(2)16)13(19)20-8-12(18)15(6)7-11(17)14(3,4)5/h9H,7-8H2,1-6H3. The molecule has 0 aliphatic heterocycles. The summed E-state index contributed by atoms with van der Waals surface area (Å²) in [5, 5.41) is 0. The number of likely N-dealkylation sites (N-methyl/N-ethyl adjacent to an activating group) is 1. The number of carbonyl (C=O) groups is 4. The average molecular weight is 301 g/mol. The highest BCUT2D eigenvalue weighted by Gasteiger charge is 2.25. The van der Waals surface area contributed by atoms with Gasteiger partial charge in [0.05, 0.1) is 6.54 Å². The highest BCUT2D eigenvalue weighted by molar-refractivity contribution is 5.90. The molecule has 0 aromatic heterocycles. The van der Waals surface area contributed by atoms with Crippen LogP contribution in [0, 0.1) is 5.41 Å². The van der Waals surface area contributed by atoms with Crippen LogP contribution in [0.1, 0.15) is 34.6 Å². The quantitative estimate of drug-likeness (QED) is 0.666. The minimum Gasteiger partial charge on any atom is -0.453 e. The molecule has 0 aliphatic carbocycles. The number of rotatable bonds is 6. The van der Waals surface area contributed by atoms with Crippen LogP contribution in [0.15, 0.2) is 0 Å². The van der Waals surface area contributed by atoms with Gasteiger partial charge in [0.15, 0.2) is 18.5 Å². The van der Waals surface area contributed by atoms with Crippen LogP contribution in [0.5, 0.6) is 0 Å². The zero-order valence-electron chi connectivity index (χ0n) is 13.4. The molecule has 0 saturated heterocycles. The van der Waals surface area contributed by atoms with Crippen molar-refractivity contribution in [3.05, 3.63) is 0 Å². The highest BCUT2D eigenvalue weighted by atomic mass is 16.6. The first kappa shape index (κ1) is 19.1. The lowest BCUT2D eigenvalue weighted by molar-refractivity contribution is -0.167. The van der Waals surface area contributed by atoms with Crippen molar-refractivity contribution in [2.45, 2.75) is 40.7 Å². The van der Waals surface area contributed by atoms with E-state index in [1.54, 1.807) is 20.8 Å². The molecule has 0 aromatic carbocycles. The molecule has 0 saturated carbocycles. The van der Waals surface area contributed by atoms with Gasteiger partial charge in [-0.15, -0.1) is 0 Å². The molecule has 1 unspecified atom stereocenters. The predicted octanol–water partition coefficient (Wildman–Crippen LogP) is 0.555. The smallest absolute Gasteiger partial charge is 0.347 e. The van der Waals surface area contributed by atoms with E-state index in [9.17, 15) is 19.2 Å². The number of Topliss-reactive ketones (excluding diaryl/α,β-unsaturated/α-hetero) is 1. The summed E-state index contributed by atoms with van der Waals surface area (Å²) in [4.78, 5) is 46.9. The van der Waals surface area contributed by atoms with Gasteiger partial charge in [0.25, 0.3) is 5.91 Å². The van der Waals surface area contributed by atoms with Crippen LogP contribution in [-0.4, -0.2) is 54.8 Å². The second-order valence-corrected chi connectivity index (χ2v) is 5.78. The number of nitrogens with zero attached hydrogens (tertiary/aromatic N) is 1. The number of ketones is 1. The number of carbonyl (C=O) groups excluding carboxylic acids is 4. The molecule has 0 aromatic rings. The first-order chi connectivity index (χ1) is 9.45. The van der Waals surface area contributed by atoms with Crippen LogP contribution in [0.25, 0.3) is 0 Å². The Bertz CT molecular complexity index is 424. The van der Waals surface area contributed by atoms with Crippen LogP contribution >= 0.6 is 0 Å². The van der Waals surface area contributed by atoms with Gasteiger partial charge in [0.1, 0.15) is 0 Å². The Kier molecular flexibility index (Phi) is 7.05. The molecular weight excluding hydrogens is 278 g/mol. The molecule has 0 fully saturated rings. The van der Waals surface area contributed by atoms with Crippen molar-refractivity contribution in [3.63, 3.8) is 0 Å². The fourth-order valence-corrected chi connectivity index (χ4v) is 1.20. The Hall–Kier alpha value is -1.92. The van der Waals surface area contributed by atoms with Crippen molar-refractivity contribution < 1.29 is 28.7 Å². The average Bonchev–Trinajstić information content (AvgIpc) is 2.33. The van der Waals surface area contributed by atoms with Gasteiger partial charge >= 0.3 is 11.9 Å². The summed E-state index contributed by atoms with van der Waals surface area (Å²) < 4.78 is 9.36. The summed E-state index contributed by atoms with van der Waals surface area (Å²) in [5.41, 5.74) is -0.547. The summed E-state index contributed by atoms with van der Waals surface area (Å²) in [6.45, 7) is 7.23. The molecular formula is C14H23NO6. The molecule has 0 aliphatic rings. The van der Waals surface area contributed by atoms with E-state index in [1.807, 2.05) is 0 Å². The summed E-state index contributed by atoms with van der Waals surface area (Å²) in [7, 11) is 1.45. The Morgan fingerprint density at radius 3 is 2.10 bits per heavy atom. The minimum atomic E-state index is -1.07. The summed E-state index contributed by atoms with van der Waals surface area (Å²) in [5.74, 6) is -2.03. The normalized spacial score (nSPS) is 12.3. The lowest BCUT2D eigenvalue weighted by Gasteiger charge is -2.22. The molecule has 7 heteroatoms. The number of amides is 1. The van der Waals surface area contributed by atoms with Gasteiger partial charge in [-0.3, -0.25) is 14.4 Å². The summed E-state index contributed by atoms with van der Waals surface area (Å²) in [6.07, 6.45) is -1.07. The van der Waals surface area contributed by atoms with Crippen LogP contribution < -0.4 is 0 Å². The molecule has 7 nitrogen and oxygen atoms in total. The molecule has 0 radical (unpaired) electrons. The van der Waals surface area contributed by atoms with E-state index in [4.69, 9.17) is 4.74 Å². The number of hydrogen-bond acceptors (Lipinski definition) is 6. The third-order valence-corrected chi connectivity index (χ3v) is 2.66. The van der Waals surface area contributed by atoms with E-state index in [0.29, 0.717) is 0 Å². The van der Waals surface area contributed by atoms with Crippen molar-refractivity contribution in [2.24, 2.45) is 5.41 Å². The van der Waals surface area contributed by atoms with Gasteiger partial charge in [-0.2, -0.15) is 0 Å². The Morgan fingerprint density at radius 2 is 1.67 bits per heavy atom. The highest BCUT2D eigenvalue weighted by Crippen LogP contribution is 2.14. The molecule has 0 heterocycles. The lowest BCUT2D eigenvalue weighted by Crippen LogP contribution is -2.39. The van der Waals surface area contributed by atoms with Crippen LogP contribution in [0.3, 0.4) is 0 Å². The third kappa shape index (κ3) is 7.43. The van der Waals surface area contributed by atoms with Gasteiger partial charge in [-0.1, -0.05) is 20.8 Å². The van der Waals surface area contributed by atoms with Gasteiger partial charge in [-0.05, 0) is 6.92 Å². The van der Waals surface area contributed by atoms with Gasteiger partial charge in [-0.25, -0.2) is 4.79 Å². The van der Waals surface area contributed by atoms with E-state index in [-0.39, 0.29) is 12.3 Å². The first-order valence-corrected chi connectivity index (χ1v) is 6.56.